The first-order valence-electron chi connectivity index (χ1n) is 10.3. The summed E-state index contributed by atoms with van der Waals surface area (Å²) in [6.45, 7) is 8.13. The van der Waals surface area contributed by atoms with Gasteiger partial charge in [-0.25, -0.2) is 9.78 Å². The van der Waals surface area contributed by atoms with Gasteiger partial charge in [-0.1, -0.05) is 58.0 Å². The minimum atomic E-state index is -0.670. The Labute approximate surface area is 180 Å². The Morgan fingerprint density at radius 2 is 1.65 bits per heavy atom. The smallest absolute Gasteiger partial charge is 0.333 e. The summed E-state index contributed by atoms with van der Waals surface area (Å²) >= 11 is 0. The zero-order valence-corrected chi connectivity index (χ0v) is 18.2. The van der Waals surface area contributed by atoms with Crippen LogP contribution in [0.3, 0.4) is 0 Å². The minimum absolute atomic E-state index is 0.0675. The molecule has 0 radical (unpaired) electrons. The summed E-state index contributed by atoms with van der Waals surface area (Å²) in [5, 5.41) is 18.6. The number of azo groups is 1. The first-order valence-corrected chi connectivity index (χ1v) is 10.3. The minimum Gasteiger partial charge on any atom is -0.493 e. The number of imidazole rings is 1. The van der Waals surface area contributed by atoms with Crippen molar-refractivity contribution in [1.29, 1.82) is 0 Å². The molecule has 3 rings (SSSR count). The van der Waals surface area contributed by atoms with E-state index < -0.39 is 17.1 Å². The first-order chi connectivity index (χ1) is 14.8. The zero-order chi connectivity index (χ0) is 22.5. The van der Waals surface area contributed by atoms with Crippen LogP contribution in [0.4, 0.5) is 11.6 Å². The van der Waals surface area contributed by atoms with Gasteiger partial charge in [0.1, 0.15) is 0 Å². The van der Waals surface area contributed by atoms with E-state index in [0.29, 0.717) is 6.42 Å². The topological polar surface area (TPSA) is 118 Å². The molecular weight excluding hydrogens is 396 g/mol. The van der Waals surface area contributed by atoms with Crippen LogP contribution in [-0.4, -0.2) is 24.2 Å². The third-order valence-corrected chi connectivity index (χ3v) is 4.57. The van der Waals surface area contributed by atoms with Gasteiger partial charge >= 0.3 is 5.69 Å². The van der Waals surface area contributed by atoms with Gasteiger partial charge in [-0.3, -0.25) is 13.9 Å². The molecule has 0 aliphatic carbocycles. The molecule has 2 aromatic heterocycles. The Balaban J connectivity index is 1.96. The standard InChI is InChI=1S/C22H28N6O3/c1-14(2)12-27-19(29)18(20(30)28(22(27)31)13-15(3)4)25-26-21-23-11-17(24-21)10-16-8-6-5-7-9-16/h5-9,11,14-15,29H,10,12-13H2,1-4H3,(H,23,24). The van der Waals surface area contributed by atoms with Crippen molar-refractivity contribution in [3.05, 3.63) is 68.6 Å². The molecule has 9 nitrogen and oxygen atoms in total. The highest BCUT2D eigenvalue weighted by Gasteiger charge is 2.20. The number of nitrogens with zero attached hydrogens (tertiary/aromatic N) is 5. The van der Waals surface area contributed by atoms with E-state index in [9.17, 15) is 14.7 Å². The quantitative estimate of drug-likeness (QED) is 0.535. The lowest BCUT2D eigenvalue weighted by atomic mass is 10.1. The van der Waals surface area contributed by atoms with Crippen LogP contribution in [0.2, 0.25) is 0 Å². The average Bonchev–Trinajstić information content (AvgIpc) is 3.16. The first kappa shape index (κ1) is 22.2. The number of hydrogen-bond acceptors (Lipinski definition) is 6. The maximum Gasteiger partial charge on any atom is 0.333 e. The van der Waals surface area contributed by atoms with Crippen molar-refractivity contribution in [2.45, 2.75) is 47.2 Å². The number of benzene rings is 1. The fourth-order valence-electron chi connectivity index (χ4n) is 3.22. The molecular formula is C22H28N6O3. The van der Waals surface area contributed by atoms with Crippen molar-refractivity contribution >= 4 is 11.6 Å². The van der Waals surface area contributed by atoms with Gasteiger partial charge in [0.2, 0.25) is 17.5 Å². The van der Waals surface area contributed by atoms with Gasteiger partial charge in [0.25, 0.3) is 5.56 Å². The second kappa shape index (κ2) is 9.55. The highest BCUT2D eigenvalue weighted by atomic mass is 16.3. The summed E-state index contributed by atoms with van der Waals surface area (Å²) in [6.07, 6.45) is 2.30. The van der Waals surface area contributed by atoms with Gasteiger partial charge < -0.3 is 10.1 Å². The molecule has 0 unspecified atom stereocenters. The number of aromatic amines is 1. The monoisotopic (exact) mass is 424 g/mol. The lowest BCUT2D eigenvalue weighted by Gasteiger charge is -2.16. The van der Waals surface area contributed by atoms with Gasteiger partial charge in [-0.15, -0.1) is 10.2 Å². The second-order valence-corrected chi connectivity index (χ2v) is 8.36. The largest absolute Gasteiger partial charge is 0.493 e. The fourth-order valence-corrected chi connectivity index (χ4v) is 3.22. The predicted molar refractivity (Wildman–Crippen MR) is 118 cm³/mol. The number of aromatic hydroxyl groups is 1. The average molecular weight is 425 g/mol. The summed E-state index contributed by atoms with van der Waals surface area (Å²) in [6, 6.07) is 9.89. The van der Waals surface area contributed by atoms with E-state index in [1.54, 1.807) is 6.20 Å². The molecule has 0 saturated heterocycles. The van der Waals surface area contributed by atoms with Gasteiger partial charge in [0.15, 0.2) is 0 Å². The van der Waals surface area contributed by atoms with E-state index in [1.165, 1.54) is 4.57 Å². The molecule has 0 spiro atoms. The van der Waals surface area contributed by atoms with Crippen LogP contribution >= 0.6 is 0 Å². The highest BCUT2D eigenvalue weighted by molar-refractivity contribution is 5.44. The van der Waals surface area contributed by atoms with Crippen LogP contribution in [0.15, 0.2) is 56.3 Å². The van der Waals surface area contributed by atoms with E-state index in [-0.39, 0.29) is 36.6 Å². The Morgan fingerprint density at radius 1 is 1.00 bits per heavy atom. The van der Waals surface area contributed by atoms with Crippen LogP contribution in [-0.2, 0) is 19.5 Å². The molecule has 0 atom stereocenters. The fraction of sp³-hybridized carbons (Fsp3) is 0.409. The SMILES string of the molecule is CC(C)Cn1c(O)c(N=Nc2ncc(Cc3ccccc3)[nH]2)c(=O)n(CC(C)C)c1=O. The summed E-state index contributed by atoms with van der Waals surface area (Å²) in [5.74, 6) is -0.118. The Bertz CT molecular complexity index is 1170. The summed E-state index contributed by atoms with van der Waals surface area (Å²) in [5.41, 5.74) is 0.459. The van der Waals surface area contributed by atoms with Gasteiger partial charge in [0, 0.05) is 25.2 Å². The molecule has 3 aromatic rings. The summed E-state index contributed by atoms with van der Waals surface area (Å²) < 4.78 is 2.27. The maximum atomic E-state index is 12.9. The van der Waals surface area contributed by atoms with Crippen molar-refractivity contribution in [3.63, 3.8) is 0 Å². The van der Waals surface area contributed by atoms with Crippen molar-refractivity contribution in [1.82, 2.24) is 19.1 Å². The third-order valence-electron chi connectivity index (χ3n) is 4.57. The molecule has 0 aliphatic rings. The zero-order valence-electron chi connectivity index (χ0n) is 18.2. The summed E-state index contributed by atoms with van der Waals surface area (Å²) in [7, 11) is 0. The Hall–Kier alpha value is -3.49. The van der Waals surface area contributed by atoms with Gasteiger partial charge in [0.05, 0.1) is 6.20 Å². The van der Waals surface area contributed by atoms with E-state index in [0.717, 1.165) is 15.8 Å². The lowest BCUT2D eigenvalue weighted by molar-refractivity contribution is 0.359. The van der Waals surface area contributed by atoms with Crippen molar-refractivity contribution < 1.29 is 5.11 Å². The Kier molecular flexibility index (Phi) is 6.84. The van der Waals surface area contributed by atoms with Crippen LogP contribution in [0.25, 0.3) is 0 Å². The second-order valence-electron chi connectivity index (χ2n) is 8.36. The van der Waals surface area contributed by atoms with Gasteiger partial charge in [-0.05, 0) is 17.4 Å². The lowest BCUT2D eigenvalue weighted by Crippen LogP contribution is -2.41. The number of H-pyrrole nitrogens is 1. The molecule has 2 N–H and O–H groups in total. The van der Waals surface area contributed by atoms with Crippen LogP contribution < -0.4 is 11.2 Å². The highest BCUT2D eigenvalue weighted by Crippen LogP contribution is 2.23. The normalized spacial score (nSPS) is 11.8. The molecule has 0 aliphatic heterocycles. The van der Waals surface area contributed by atoms with Crippen LogP contribution in [0.5, 0.6) is 5.88 Å². The van der Waals surface area contributed by atoms with E-state index >= 15 is 0 Å². The molecule has 2 heterocycles. The van der Waals surface area contributed by atoms with Gasteiger partial charge in [-0.2, -0.15) is 0 Å². The third kappa shape index (κ3) is 5.36. The predicted octanol–water partition coefficient (Wildman–Crippen LogP) is 3.76. The number of hydrogen-bond donors (Lipinski definition) is 2. The number of rotatable bonds is 8. The maximum absolute atomic E-state index is 12.9. The van der Waals surface area contributed by atoms with E-state index in [1.807, 2.05) is 58.0 Å². The van der Waals surface area contributed by atoms with Crippen molar-refractivity contribution in [3.8, 4) is 5.88 Å². The number of nitrogens with one attached hydrogen (secondary N) is 1. The van der Waals surface area contributed by atoms with E-state index in [4.69, 9.17) is 0 Å². The molecule has 164 valence electrons. The molecule has 0 saturated carbocycles. The molecule has 0 fully saturated rings. The number of aromatic nitrogens is 4. The molecule has 31 heavy (non-hydrogen) atoms. The molecule has 0 bridgehead atoms. The Morgan fingerprint density at radius 3 is 2.29 bits per heavy atom. The molecule has 9 heteroatoms. The van der Waals surface area contributed by atoms with Crippen LogP contribution in [0.1, 0.15) is 39.0 Å². The van der Waals surface area contributed by atoms with E-state index in [2.05, 4.69) is 20.2 Å². The molecule has 0 amide bonds. The molecule has 1 aromatic carbocycles. The van der Waals surface area contributed by atoms with Crippen LogP contribution in [0, 0.1) is 11.8 Å². The van der Waals surface area contributed by atoms with Crippen molar-refractivity contribution in [2.75, 3.05) is 0 Å². The van der Waals surface area contributed by atoms with Crippen molar-refractivity contribution in [2.24, 2.45) is 22.1 Å². The summed E-state index contributed by atoms with van der Waals surface area (Å²) in [4.78, 5) is 32.8.